The maximum Gasteiger partial charge on any atom is 0.122 e. The summed E-state index contributed by atoms with van der Waals surface area (Å²) in [7, 11) is 0. The number of hydrogen-bond acceptors (Lipinski definition) is 1. The van der Waals surface area contributed by atoms with Crippen molar-refractivity contribution in [1.82, 2.24) is 0 Å². The van der Waals surface area contributed by atoms with Crippen LogP contribution in [0, 0.1) is 6.92 Å². The molecule has 1 aliphatic rings. The number of allylic oxidation sites excluding steroid dienone is 4. The first-order valence-electron chi connectivity index (χ1n) is 6.08. The van der Waals surface area contributed by atoms with Crippen LogP contribution in [0.15, 0.2) is 40.5 Å². The second kappa shape index (κ2) is 4.06. The normalized spacial score (nSPS) is 17.2. The lowest BCUT2D eigenvalue weighted by molar-refractivity contribution is 0.462. The molecular weight excluding hydrogens is 208 g/mol. The van der Waals surface area contributed by atoms with Gasteiger partial charge < -0.3 is 5.11 Å². The Bertz CT molecular complexity index is 508. The highest BCUT2D eigenvalue weighted by Gasteiger charge is 2.27. The van der Waals surface area contributed by atoms with Crippen molar-refractivity contribution in [2.75, 3.05) is 0 Å². The van der Waals surface area contributed by atoms with Gasteiger partial charge in [-0.15, -0.1) is 0 Å². The summed E-state index contributed by atoms with van der Waals surface area (Å²) < 4.78 is 0. The van der Waals surface area contributed by atoms with Gasteiger partial charge in [-0.3, -0.25) is 0 Å². The molecule has 17 heavy (non-hydrogen) atoms. The van der Waals surface area contributed by atoms with Crippen molar-refractivity contribution in [3.8, 4) is 5.75 Å². The molecule has 90 valence electrons. The van der Waals surface area contributed by atoms with Crippen molar-refractivity contribution in [3.63, 3.8) is 0 Å². The SMILES string of the molecule is CC1=C(C)C(c2cccc(C)c2O)C(C)=C1C. The van der Waals surface area contributed by atoms with E-state index in [9.17, 15) is 5.11 Å². The zero-order valence-electron chi connectivity index (χ0n) is 11.3. The second-order valence-electron chi connectivity index (χ2n) is 5.06. The molecule has 1 aliphatic carbocycles. The molecule has 0 saturated heterocycles. The number of para-hydroxylation sites is 1. The Morgan fingerprint density at radius 1 is 0.882 bits per heavy atom. The van der Waals surface area contributed by atoms with Crippen molar-refractivity contribution < 1.29 is 5.11 Å². The average Bonchev–Trinajstić information content (AvgIpc) is 2.49. The van der Waals surface area contributed by atoms with E-state index in [0.29, 0.717) is 5.75 Å². The molecular formula is C16H20O. The van der Waals surface area contributed by atoms with Crippen molar-refractivity contribution in [3.05, 3.63) is 51.6 Å². The summed E-state index contributed by atoms with van der Waals surface area (Å²) in [6.45, 7) is 10.6. The molecule has 2 rings (SSSR count). The van der Waals surface area contributed by atoms with E-state index in [0.717, 1.165) is 11.1 Å². The number of aromatic hydroxyl groups is 1. The molecule has 0 aromatic heterocycles. The maximum atomic E-state index is 10.2. The summed E-state index contributed by atoms with van der Waals surface area (Å²) in [6.07, 6.45) is 0. The molecule has 0 heterocycles. The van der Waals surface area contributed by atoms with Crippen LogP contribution >= 0.6 is 0 Å². The topological polar surface area (TPSA) is 20.2 Å². The lowest BCUT2D eigenvalue weighted by Crippen LogP contribution is -2.00. The Morgan fingerprint density at radius 2 is 1.41 bits per heavy atom. The van der Waals surface area contributed by atoms with Gasteiger partial charge in [-0.2, -0.15) is 0 Å². The Balaban J connectivity index is 2.60. The predicted molar refractivity (Wildman–Crippen MR) is 72.3 cm³/mol. The van der Waals surface area contributed by atoms with Gasteiger partial charge in [-0.05, 0) is 51.3 Å². The number of aryl methyl sites for hydroxylation is 1. The van der Waals surface area contributed by atoms with Crippen LogP contribution in [0.5, 0.6) is 5.75 Å². The summed E-state index contributed by atoms with van der Waals surface area (Å²) in [5.41, 5.74) is 7.45. The minimum Gasteiger partial charge on any atom is -0.507 e. The van der Waals surface area contributed by atoms with Gasteiger partial charge in [0.15, 0.2) is 0 Å². The van der Waals surface area contributed by atoms with E-state index in [1.54, 1.807) is 0 Å². The van der Waals surface area contributed by atoms with Gasteiger partial charge in [0.25, 0.3) is 0 Å². The second-order valence-corrected chi connectivity index (χ2v) is 5.06. The van der Waals surface area contributed by atoms with Crippen LogP contribution < -0.4 is 0 Å². The Hall–Kier alpha value is -1.50. The van der Waals surface area contributed by atoms with Crippen molar-refractivity contribution in [2.24, 2.45) is 0 Å². The van der Waals surface area contributed by atoms with Gasteiger partial charge in [-0.1, -0.05) is 29.3 Å². The molecule has 0 fully saturated rings. The fourth-order valence-electron chi connectivity index (χ4n) is 2.73. The fraction of sp³-hybridized carbons (Fsp3) is 0.375. The Kier molecular flexibility index (Phi) is 2.86. The third kappa shape index (κ3) is 1.70. The van der Waals surface area contributed by atoms with Crippen LogP contribution in [0.4, 0.5) is 0 Å². The van der Waals surface area contributed by atoms with Crippen LogP contribution in [0.2, 0.25) is 0 Å². The van der Waals surface area contributed by atoms with Gasteiger partial charge in [0.05, 0.1) is 0 Å². The highest BCUT2D eigenvalue weighted by molar-refractivity contribution is 5.57. The van der Waals surface area contributed by atoms with Gasteiger partial charge in [0, 0.05) is 11.5 Å². The number of phenolic OH excluding ortho intramolecular Hbond substituents is 1. The largest absolute Gasteiger partial charge is 0.507 e. The van der Waals surface area contributed by atoms with E-state index >= 15 is 0 Å². The fourth-order valence-corrected chi connectivity index (χ4v) is 2.73. The summed E-state index contributed by atoms with van der Waals surface area (Å²) in [5.74, 6) is 0.702. The predicted octanol–water partition coefficient (Wildman–Crippen LogP) is 4.47. The minimum absolute atomic E-state index is 0.259. The van der Waals surface area contributed by atoms with Gasteiger partial charge in [0.1, 0.15) is 5.75 Å². The first-order chi connectivity index (χ1) is 7.95. The van der Waals surface area contributed by atoms with E-state index in [4.69, 9.17) is 0 Å². The summed E-state index contributed by atoms with van der Waals surface area (Å²) in [4.78, 5) is 0. The highest BCUT2D eigenvalue weighted by Crippen LogP contribution is 2.46. The first kappa shape index (κ1) is 12.0. The molecule has 0 amide bonds. The lowest BCUT2D eigenvalue weighted by Gasteiger charge is -2.18. The molecule has 1 N–H and O–H groups in total. The van der Waals surface area contributed by atoms with Crippen LogP contribution in [0.3, 0.4) is 0 Å². The smallest absolute Gasteiger partial charge is 0.122 e. The quantitative estimate of drug-likeness (QED) is 0.751. The molecule has 0 saturated carbocycles. The molecule has 1 heteroatoms. The molecule has 1 aromatic carbocycles. The van der Waals surface area contributed by atoms with E-state index in [2.05, 4.69) is 27.7 Å². The first-order valence-corrected chi connectivity index (χ1v) is 6.08. The van der Waals surface area contributed by atoms with Gasteiger partial charge >= 0.3 is 0 Å². The molecule has 0 radical (unpaired) electrons. The van der Waals surface area contributed by atoms with Crippen LogP contribution in [0.1, 0.15) is 44.7 Å². The summed E-state index contributed by atoms with van der Waals surface area (Å²) in [5, 5.41) is 10.2. The average molecular weight is 228 g/mol. The third-order valence-electron chi connectivity index (χ3n) is 4.19. The molecule has 0 aliphatic heterocycles. The number of hydrogen-bond donors (Lipinski definition) is 1. The zero-order chi connectivity index (χ0) is 12.7. The molecule has 0 bridgehead atoms. The van der Waals surface area contributed by atoms with E-state index in [-0.39, 0.29) is 5.92 Å². The van der Waals surface area contributed by atoms with E-state index in [1.807, 2.05) is 25.1 Å². The molecule has 0 unspecified atom stereocenters. The maximum absolute atomic E-state index is 10.2. The Morgan fingerprint density at radius 3 is 1.94 bits per heavy atom. The third-order valence-corrected chi connectivity index (χ3v) is 4.19. The molecule has 1 nitrogen and oxygen atoms in total. The number of benzene rings is 1. The zero-order valence-corrected chi connectivity index (χ0v) is 11.3. The van der Waals surface area contributed by atoms with Crippen LogP contribution in [-0.2, 0) is 0 Å². The Labute approximate surface area is 103 Å². The van der Waals surface area contributed by atoms with Crippen molar-refractivity contribution in [2.45, 2.75) is 40.5 Å². The lowest BCUT2D eigenvalue weighted by atomic mass is 9.87. The minimum atomic E-state index is 0.259. The van der Waals surface area contributed by atoms with Crippen LogP contribution in [0.25, 0.3) is 0 Å². The monoisotopic (exact) mass is 228 g/mol. The summed E-state index contributed by atoms with van der Waals surface area (Å²) in [6, 6.07) is 6.01. The summed E-state index contributed by atoms with van der Waals surface area (Å²) >= 11 is 0. The van der Waals surface area contributed by atoms with Crippen molar-refractivity contribution >= 4 is 0 Å². The number of rotatable bonds is 1. The molecule has 0 atom stereocenters. The van der Waals surface area contributed by atoms with E-state index in [1.165, 1.54) is 22.3 Å². The highest BCUT2D eigenvalue weighted by atomic mass is 16.3. The van der Waals surface area contributed by atoms with Gasteiger partial charge in [0.2, 0.25) is 0 Å². The molecule has 0 spiro atoms. The van der Waals surface area contributed by atoms with Gasteiger partial charge in [-0.25, -0.2) is 0 Å². The standard InChI is InChI=1S/C16H20O/c1-9-7-6-8-14(16(9)17)15-12(4)10(2)11(3)13(15)5/h6-8,15,17H,1-5H3. The van der Waals surface area contributed by atoms with E-state index < -0.39 is 0 Å². The molecule has 1 aromatic rings. The van der Waals surface area contributed by atoms with Crippen LogP contribution in [-0.4, -0.2) is 5.11 Å². The van der Waals surface area contributed by atoms with Crippen molar-refractivity contribution in [1.29, 1.82) is 0 Å². The number of phenols is 1.